The average molecular weight is 235 g/mol. The minimum atomic E-state index is -0.731. The van der Waals surface area contributed by atoms with Gasteiger partial charge in [-0.05, 0) is 37.5 Å². The number of benzene rings is 1. The lowest BCUT2D eigenvalue weighted by molar-refractivity contribution is -0.137. The monoisotopic (exact) mass is 235 g/mol. The highest BCUT2D eigenvalue weighted by Gasteiger charge is 2.02. The molecule has 0 aliphatic heterocycles. The number of carboxylic acids is 1. The molecule has 0 spiro atoms. The molecule has 3 nitrogen and oxygen atoms in total. The first kappa shape index (κ1) is 11.1. The molecule has 0 fully saturated rings. The first-order valence-electron chi connectivity index (χ1n) is 5.23. The molecular weight excluding hydrogens is 222 g/mol. The third-order valence-corrected chi connectivity index (χ3v) is 3.37. The van der Waals surface area contributed by atoms with Gasteiger partial charge in [0.1, 0.15) is 0 Å². The summed E-state index contributed by atoms with van der Waals surface area (Å²) in [6.07, 6.45) is 1.72. The summed E-state index contributed by atoms with van der Waals surface area (Å²) >= 11 is 1.68. The van der Waals surface area contributed by atoms with Crippen molar-refractivity contribution in [1.29, 1.82) is 0 Å². The largest absolute Gasteiger partial charge is 0.481 e. The van der Waals surface area contributed by atoms with E-state index in [2.05, 4.69) is 23.2 Å². The van der Waals surface area contributed by atoms with Crippen molar-refractivity contribution in [2.24, 2.45) is 0 Å². The maximum absolute atomic E-state index is 10.4. The van der Waals surface area contributed by atoms with Crippen molar-refractivity contribution >= 4 is 27.5 Å². The molecule has 0 unspecified atom stereocenters. The molecule has 84 valence electrons. The molecule has 0 aliphatic rings. The lowest BCUT2D eigenvalue weighted by atomic mass is 10.1. The Morgan fingerprint density at radius 2 is 2.31 bits per heavy atom. The molecular formula is C12H13NO2S. The second-order valence-corrected chi connectivity index (χ2v) is 5.02. The summed E-state index contributed by atoms with van der Waals surface area (Å²) in [7, 11) is 0. The minimum absolute atomic E-state index is 0.230. The third kappa shape index (κ3) is 2.58. The molecule has 0 saturated carbocycles. The number of hydrogen-bond donors (Lipinski definition) is 1. The van der Waals surface area contributed by atoms with Crippen LogP contribution in [-0.2, 0) is 11.2 Å². The van der Waals surface area contributed by atoms with Gasteiger partial charge in [-0.2, -0.15) is 0 Å². The molecule has 0 radical (unpaired) electrons. The summed E-state index contributed by atoms with van der Waals surface area (Å²) in [6, 6.07) is 6.18. The van der Waals surface area contributed by atoms with Crippen molar-refractivity contribution in [1.82, 2.24) is 4.98 Å². The van der Waals surface area contributed by atoms with E-state index in [4.69, 9.17) is 5.11 Å². The predicted octanol–water partition coefficient (Wildman–Crippen LogP) is 3.01. The Balaban J connectivity index is 2.10. The van der Waals surface area contributed by atoms with Crippen LogP contribution in [0, 0.1) is 6.92 Å². The number of hydrogen-bond acceptors (Lipinski definition) is 3. The molecule has 2 rings (SSSR count). The standard InChI is InChI=1S/C12H13NO2S/c1-8-13-10-7-9(3-2-4-12(14)15)5-6-11(10)16-8/h5-7H,2-4H2,1H3,(H,14,15). The lowest BCUT2D eigenvalue weighted by Crippen LogP contribution is -1.95. The summed E-state index contributed by atoms with van der Waals surface area (Å²) in [6.45, 7) is 1.99. The Bertz CT molecular complexity index is 519. The van der Waals surface area contributed by atoms with Crippen LogP contribution in [0.4, 0.5) is 0 Å². The Morgan fingerprint density at radius 3 is 3.06 bits per heavy atom. The molecule has 0 saturated heterocycles. The van der Waals surface area contributed by atoms with E-state index in [1.54, 1.807) is 11.3 Å². The van der Waals surface area contributed by atoms with Gasteiger partial charge in [0.25, 0.3) is 0 Å². The van der Waals surface area contributed by atoms with Gasteiger partial charge < -0.3 is 5.11 Å². The molecule has 1 heterocycles. The molecule has 4 heteroatoms. The Hall–Kier alpha value is -1.42. The number of carboxylic acid groups (broad SMARTS) is 1. The van der Waals surface area contributed by atoms with Gasteiger partial charge in [0.05, 0.1) is 15.2 Å². The zero-order valence-electron chi connectivity index (χ0n) is 9.06. The summed E-state index contributed by atoms with van der Waals surface area (Å²) in [5.41, 5.74) is 2.19. The molecule has 16 heavy (non-hydrogen) atoms. The number of aliphatic carboxylic acids is 1. The number of nitrogens with zero attached hydrogens (tertiary/aromatic N) is 1. The van der Waals surface area contributed by atoms with Crippen LogP contribution >= 0.6 is 11.3 Å². The number of fused-ring (bicyclic) bond motifs is 1. The number of aryl methyl sites for hydroxylation is 2. The number of rotatable bonds is 4. The van der Waals surface area contributed by atoms with Crippen LogP contribution in [0.1, 0.15) is 23.4 Å². The Morgan fingerprint density at radius 1 is 1.50 bits per heavy atom. The van der Waals surface area contributed by atoms with Gasteiger partial charge in [0.15, 0.2) is 0 Å². The normalized spacial score (nSPS) is 10.8. The fourth-order valence-corrected chi connectivity index (χ4v) is 2.49. The minimum Gasteiger partial charge on any atom is -0.481 e. The van der Waals surface area contributed by atoms with E-state index in [1.807, 2.05) is 6.92 Å². The molecule has 2 aromatic rings. The summed E-state index contributed by atoms with van der Waals surface area (Å²) < 4.78 is 1.19. The summed E-state index contributed by atoms with van der Waals surface area (Å²) in [5, 5.41) is 9.62. The predicted molar refractivity (Wildman–Crippen MR) is 64.9 cm³/mol. The first-order chi connectivity index (χ1) is 7.65. The van der Waals surface area contributed by atoms with Crippen LogP contribution in [0.15, 0.2) is 18.2 Å². The molecule has 0 amide bonds. The molecule has 1 N–H and O–H groups in total. The SMILES string of the molecule is Cc1nc2cc(CCCC(=O)O)ccc2s1. The fourth-order valence-electron chi connectivity index (χ4n) is 1.69. The first-order valence-corrected chi connectivity index (χ1v) is 6.04. The van der Waals surface area contributed by atoms with Crippen LogP contribution in [0.5, 0.6) is 0 Å². The van der Waals surface area contributed by atoms with E-state index >= 15 is 0 Å². The fraction of sp³-hybridized carbons (Fsp3) is 0.333. The van der Waals surface area contributed by atoms with Crippen molar-refractivity contribution in [3.05, 3.63) is 28.8 Å². The topological polar surface area (TPSA) is 50.2 Å². The molecule has 0 bridgehead atoms. The van der Waals surface area contributed by atoms with E-state index < -0.39 is 5.97 Å². The van der Waals surface area contributed by atoms with Crippen LogP contribution < -0.4 is 0 Å². The zero-order valence-corrected chi connectivity index (χ0v) is 9.88. The van der Waals surface area contributed by atoms with Crippen LogP contribution in [0.3, 0.4) is 0 Å². The molecule has 0 aliphatic carbocycles. The number of thiazole rings is 1. The highest BCUT2D eigenvalue weighted by Crippen LogP contribution is 2.22. The second kappa shape index (κ2) is 4.61. The van der Waals surface area contributed by atoms with E-state index in [9.17, 15) is 4.79 Å². The Kier molecular flexibility index (Phi) is 3.19. The van der Waals surface area contributed by atoms with Gasteiger partial charge in [-0.15, -0.1) is 11.3 Å². The van der Waals surface area contributed by atoms with Crippen LogP contribution in [0.25, 0.3) is 10.2 Å². The average Bonchev–Trinajstić information content (AvgIpc) is 2.56. The van der Waals surface area contributed by atoms with Gasteiger partial charge in [0.2, 0.25) is 0 Å². The summed E-state index contributed by atoms with van der Waals surface area (Å²) in [5.74, 6) is -0.731. The van der Waals surface area contributed by atoms with Crippen molar-refractivity contribution in [2.75, 3.05) is 0 Å². The van der Waals surface area contributed by atoms with E-state index in [0.717, 1.165) is 16.9 Å². The smallest absolute Gasteiger partial charge is 0.303 e. The van der Waals surface area contributed by atoms with E-state index in [0.29, 0.717) is 6.42 Å². The van der Waals surface area contributed by atoms with Gasteiger partial charge >= 0.3 is 5.97 Å². The van der Waals surface area contributed by atoms with Crippen LogP contribution in [-0.4, -0.2) is 16.1 Å². The second-order valence-electron chi connectivity index (χ2n) is 3.78. The number of aromatic nitrogens is 1. The van der Waals surface area contributed by atoms with E-state index in [-0.39, 0.29) is 6.42 Å². The van der Waals surface area contributed by atoms with Gasteiger partial charge in [-0.25, -0.2) is 4.98 Å². The lowest BCUT2D eigenvalue weighted by Gasteiger charge is -1.99. The maximum Gasteiger partial charge on any atom is 0.303 e. The van der Waals surface area contributed by atoms with Crippen molar-refractivity contribution in [2.45, 2.75) is 26.2 Å². The van der Waals surface area contributed by atoms with Crippen molar-refractivity contribution in [3.63, 3.8) is 0 Å². The van der Waals surface area contributed by atoms with Gasteiger partial charge in [0, 0.05) is 6.42 Å². The quantitative estimate of drug-likeness (QED) is 0.886. The number of carbonyl (C=O) groups is 1. The summed E-state index contributed by atoms with van der Waals surface area (Å²) in [4.78, 5) is 14.8. The molecule has 1 aromatic heterocycles. The maximum atomic E-state index is 10.4. The third-order valence-electron chi connectivity index (χ3n) is 2.42. The van der Waals surface area contributed by atoms with Gasteiger partial charge in [-0.1, -0.05) is 6.07 Å². The van der Waals surface area contributed by atoms with Crippen molar-refractivity contribution in [3.8, 4) is 0 Å². The van der Waals surface area contributed by atoms with Gasteiger partial charge in [-0.3, -0.25) is 4.79 Å². The molecule has 1 aromatic carbocycles. The van der Waals surface area contributed by atoms with Crippen molar-refractivity contribution < 1.29 is 9.90 Å². The van der Waals surface area contributed by atoms with E-state index in [1.165, 1.54) is 10.3 Å². The van der Waals surface area contributed by atoms with Crippen LogP contribution in [0.2, 0.25) is 0 Å². The molecule has 0 atom stereocenters. The zero-order chi connectivity index (χ0) is 11.5. The highest BCUT2D eigenvalue weighted by atomic mass is 32.1. The highest BCUT2D eigenvalue weighted by molar-refractivity contribution is 7.18. The Labute approximate surface area is 97.8 Å².